The molecular formula is C27H33N5O4. The van der Waals surface area contributed by atoms with Crippen molar-refractivity contribution in [3.8, 4) is 11.3 Å². The summed E-state index contributed by atoms with van der Waals surface area (Å²) in [5.41, 5.74) is 4.60. The first-order valence-corrected chi connectivity index (χ1v) is 12.3. The molecule has 1 unspecified atom stereocenters. The van der Waals surface area contributed by atoms with Gasteiger partial charge in [-0.1, -0.05) is 18.2 Å². The molecule has 1 aliphatic rings. The number of imidazole rings is 1. The number of aryl methyl sites for hydroxylation is 1. The van der Waals surface area contributed by atoms with Gasteiger partial charge in [0.25, 0.3) is 0 Å². The third-order valence-corrected chi connectivity index (χ3v) is 6.22. The molecule has 1 atom stereocenters. The Morgan fingerprint density at radius 1 is 1.28 bits per heavy atom. The van der Waals surface area contributed by atoms with Gasteiger partial charge in [-0.05, 0) is 63.3 Å². The molecule has 0 spiro atoms. The first kappa shape index (κ1) is 24.3. The maximum atomic E-state index is 12.8. The number of rotatable bonds is 5. The van der Waals surface area contributed by atoms with Crippen LogP contribution in [-0.2, 0) is 27.9 Å². The number of fused-ring (bicyclic) bond motifs is 3. The number of aromatic amines is 1. The zero-order chi connectivity index (χ0) is 25.4. The van der Waals surface area contributed by atoms with Crippen LogP contribution in [0.3, 0.4) is 0 Å². The van der Waals surface area contributed by atoms with Gasteiger partial charge in [-0.25, -0.2) is 14.8 Å². The highest BCUT2D eigenvalue weighted by molar-refractivity contribution is 6.09. The van der Waals surface area contributed by atoms with Crippen molar-refractivity contribution in [2.24, 2.45) is 7.05 Å². The molecule has 190 valence electrons. The first-order chi connectivity index (χ1) is 17.2. The van der Waals surface area contributed by atoms with Gasteiger partial charge >= 0.3 is 6.09 Å². The largest absolute Gasteiger partial charge is 0.443 e. The van der Waals surface area contributed by atoms with Crippen LogP contribution in [0.15, 0.2) is 36.7 Å². The number of aromatic nitrogens is 4. The molecule has 9 heteroatoms. The van der Waals surface area contributed by atoms with Crippen molar-refractivity contribution in [1.82, 2.24) is 19.5 Å². The number of nitrogens with one attached hydrogen (secondary N) is 1. The minimum atomic E-state index is -0.615. The highest BCUT2D eigenvalue weighted by Crippen LogP contribution is 2.33. The summed E-state index contributed by atoms with van der Waals surface area (Å²) in [6.07, 6.45) is 4.30. The fourth-order valence-electron chi connectivity index (χ4n) is 4.45. The van der Waals surface area contributed by atoms with Crippen molar-refractivity contribution in [2.75, 3.05) is 18.6 Å². The number of amides is 1. The van der Waals surface area contributed by atoms with Crippen LogP contribution < -0.4 is 4.90 Å². The summed E-state index contributed by atoms with van der Waals surface area (Å²) in [6, 6.07) is 10.3. The van der Waals surface area contributed by atoms with Crippen LogP contribution in [0.1, 0.15) is 45.6 Å². The monoisotopic (exact) mass is 491 g/mol. The van der Waals surface area contributed by atoms with E-state index in [-0.39, 0.29) is 6.29 Å². The summed E-state index contributed by atoms with van der Waals surface area (Å²) in [7, 11) is 3.59. The maximum Gasteiger partial charge on any atom is 0.415 e. The minimum absolute atomic E-state index is 0.127. The Bertz CT molecular complexity index is 1390. The van der Waals surface area contributed by atoms with Gasteiger partial charge in [-0.2, -0.15) is 0 Å². The highest BCUT2D eigenvalue weighted by atomic mass is 16.7. The van der Waals surface area contributed by atoms with Crippen molar-refractivity contribution in [2.45, 2.75) is 58.5 Å². The fraction of sp³-hybridized carbons (Fsp3) is 0.444. The van der Waals surface area contributed by atoms with Crippen LogP contribution in [0.2, 0.25) is 0 Å². The van der Waals surface area contributed by atoms with Crippen molar-refractivity contribution in [1.29, 1.82) is 0 Å². The normalized spacial score (nSPS) is 16.5. The number of carbonyl (C=O) groups is 1. The van der Waals surface area contributed by atoms with E-state index in [0.29, 0.717) is 23.6 Å². The molecule has 0 saturated carbocycles. The van der Waals surface area contributed by atoms with Gasteiger partial charge < -0.3 is 23.8 Å². The lowest BCUT2D eigenvalue weighted by Gasteiger charge is -2.24. The zero-order valence-corrected chi connectivity index (χ0v) is 21.5. The zero-order valence-electron chi connectivity index (χ0n) is 21.5. The highest BCUT2D eigenvalue weighted by Gasteiger charge is 2.25. The van der Waals surface area contributed by atoms with Crippen LogP contribution >= 0.6 is 0 Å². The second kappa shape index (κ2) is 9.55. The summed E-state index contributed by atoms with van der Waals surface area (Å²) in [4.78, 5) is 27.0. The fourth-order valence-corrected chi connectivity index (χ4v) is 4.45. The van der Waals surface area contributed by atoms with Gasteiger partial charge in [0.15, 0.2) is 12.1 Å². The predicted molar refractivity (Wildman–Crippen MR) is 139 cm³/mol. The lowest BCUT2D eigenvalue weighted by Crippen LogP contribution is -2.34. The van der Waals surface area contributed by atoms with Crippen molar-refractivity contribution in [3.63, 3.8) is 0 Å². The average Bonchev–Trinajstić information content (AvgIpc) is 3.45. The lowest BCUT2D eigenvalue weighted by molar-refractivity contribution is -0.168. The van der Waals surface area contributed by atoms with E-state index in [1.54, 1.807) is 13.4 Å². The molecule has 1 aliphatic heterocycles. The number of anilines is 1. The van der Waals surface area contributed by atoms with E-state index in [0.717, 1.165) is 53.6 Å². The SMILES string of the molecule is CN(C(=O)OC(C)(C)C)c1nc2[nH]c(-c3cccc(COC4CCCCO4)c3)cc2c2c1ncn2C. The van der Waals surface area contributed by atoms with E-state index in [1.807, 2.05) is 38.5 Å². The number of hydrogen-bond acceptors (Lipinski definition) is 6. The molecule has 0 bridgehead atoms. The number of ether oxygens (including phenoxy) is 3. The molecule has 3 aromatic heterocycles. The van der Waals surface area contributed by atoms with Crippen LogP contribution in [0.4, 0.5) is 10.6 Å². The van der Waals surface area contributed by atoms with Crippen LogP contribution in [-0.4, -0.2) is 51.2 Å². The summed E-state index contributed by atoms with van der Waals surface area (Å²) in [6.45, 7) is 6.77. The molecule has 1 saturated heterocycles. The Morgan fingerprint density at radius 2 is 2.11 bits per heavy atom. The van der Waals surface area contributed by atoms with Gasteiger partial charge in [0.05, 0.1) is 18.5 Å². The van der Waals surface area contributed by atoms with Gasteiger partial charge in [-0.15, -0.1) is 0 Å². The minimum Gasteiger partial charge on any atom is -0.443 e. The van der Waals surface area contributed by atoms with E-state index in [4.69, 9.17) is 19.2 Å². The van der Waals surface area contributed by atoms with Gasteiger partial charge in [0.1, 0.15) is 16.8 Å². The summed E-state index contributed by atoms with van der Waals surface area (Å²) in [5.74, 6) is 0.440. The van der Waals surface area contributed by atoms with E-state index in [9.17, 15) is 4.79 Å². The van der Waals surface area contributed by atoms with Crippen molar-refractivity contribution >= 4 is 34.0 Å². The molecule has 1 aromatic carbocycles. The van der Waals surface area contributed by atoms with Crippen molar-refractivity contribution < 1.29 is 19.0 Å². The Balaban J connectivity index is 1.48. The van der Waals surface area contributed by atoms with E-state index >= 15 is 0 Å². The number of nitrogens with zero attached hydrogens (tertiary/aromatic N) is 4. The second-order valence-corrected chi connectivity index (χ2v) is 10.3. The molecule has 9 nitrogen and oxygen atoms in total. The Kier molecular flexibility index (Phi) is 6.44. The van der Waals surface area contributed by atoms with Crippen LogP contribution in [0.5, 0.6) is 0 Å². The third-order valence-electron chi connectivity index (χ3n) is 6.22. The second-order valence-electron chi connectivity index (χ2n) is 10.3. The topological polar surface area (TPSA) is 94.5 Å². The summed E-state index contributed by atoms with van der Waals surface area (Å²) < 4.78 is 19.2. The molecule has 4 aromatic rings. The van der Waals surface area contributed by atoms with E-state index in [2.05, 4.69) is 34.2 Å². The van der Waals surface area contributed by atoms with Crippen LogP contribution in [0, 0.1) is 0 Å². The lowest BCUT2D eigenvalue weighted by atomic mass is 10.1. The van der Waals surface area contributed by atoms with Gasteiger partial charge in [0, 0.05) is 31.8 Å². The Hall–Kier alpha value is -3.43. The molecule has 5 rings (SSSR count). The number of pyridine rings is 1. The molecule has 4 heterocycles. The van der Waals surface area contributed by atoms with E-state index < -0.39 is 11.7 Å². The van der Waals surface area contributed by atoms with E-state index in [1.165, 1.54) is 4.90 Å². The number of benzene rings is 1. The molecule has 1 amide bonds. The number of hydrogen-bond donors (Lipinski definition) is 1. The van der Waals surface area contributed by atoms with Crippen LogP contribution in [0.25, 0.3) is 33.3 Å². The molecule has 36 heavy (non-hydrogen) atoms. The van der Waals surface area contributed by atoms with Gasteiger partial charge in [-0.3, -0.25) is 4.90 Å². The first-order valence-electron chi connectivity index (χ1n) is 12.3. The Labute approximate surface area is 210 Å². The third kappa shape index (κ3) is 4.94. The standard InChI is InChI=1S/C27H33N5O4/c1-27(2,3)36-26(33)32(5)25-22-23(31(4)16-28-22)19-14-20(29-24(19)30-25)18-10-8-9-17(13-18)15-35-21-11-6-7-12-34-21/h8-10,13-14,16,21H,6-7,11-12,15H2,1-5H3,(H,29,30). The summed E-state index contributed by atoms with van der Waals surface area (Å²) in [5, 5.41) is 0.929. The quantitative estimate of drug-likeness (QED) is 0.394. The molecule has 0 aliphatic carbocycles. The average molecular weight is 492 g/mol. The maximum absolute atomic E-state index is 12.8. The molecule has 0 radical (unpaired) electrons. The molecular weight excluding hydrogens is 458 g/mol. The van der Waals surface area contributed by atoms with Crippen molar-refractivity contribution in [3.05, 3.63) is 42.2 Å². The number of carbonyl (C=O) groups excluding carboxylic acids is 1. The number of H-pyrrole nitrogens is 1. The molecule has 1 fully saturated rings. The summed E-state index contributed by atoms with van der Waals surface area (Å²) >= 11 is 0. The smallest absolute Gasteiger partial charge is 0.415 e. The van der Waals surface area contributed by atoms with Gasteiger partial charge in [0.2, 0.25) is 0 Å². The predicted octanol–water partition coefficient (Wildman–Crippen LogP) is 5.53. The Morgan fingerprint density at radius 3 is 2.86 bits per heavy atom. The molecule has 1 N–H and O–H groups in total.